The molecule has 21 heavy (non-hydrogen) atoms. The molecule has 0 radical (unpaired) electrons. The van der Waals surface area contributed by atoms with Gasteiger partial charge in [-0.1, -0.05) is 95.3 Å². The van der Waals surface area contributed by atoms with Gasteiger partial charge in [-0.3, -0.25) is 0 Å². The highest BCUT2D eigenvalue weighted by Crippen LogP contribution is 2.07. The van der Waals surface area contributed by atoms with E-state index in [1.54, 1.807) is 0 Å². The van der Waals surface area contributed by atoms with Crippen LogP contribution in [0.1, 0.15) is 52.2 Å². The molecule has 0 heterocycles. The third-order valence-corrected chi connectivity index (χ3v) is 3.10. The maximum atomic E-state index is 2.27. The van der Waals surface area contributed by atoms with Crippen molar-refractivity contribution in [3.63, 3.8) is 0 Å². The fourth-order valence-electron chi connectivity index (χ4n) is 1.81. The lowest BCUT2D eigenvalue weighted by Crippen LogP contribution is -1.91. The number of aryl methyl sites for hydroxylation is 2. The summed E-state index contributed by atoms with van der Waals surface area (Å²) in [6.07, 6.45) is 3.66. The molecule has 0 fully saturated rings. The fraction of sp³-hybridized carbons (Fsp3) is 0.429. The highest BCUT2D eigenvalue weighted by molar-refractivity contribution is 5.14. The van der Waals surface area contributed by atoms with Crippen molar-refractivity contribution in [3.8, 4) is 0 Å². The molecule has 0 atom stereocenters. The Labute approximate surface area is 132 Å². The van der Waals surface area contributed by atoms with Crippen molar-refractivity contribution in [2.75, 3.05) is 0 Å². The minimum atomic E-state index is 0.815. The number of rotatable bonds is 4. The molecule has 2 aromatic rings. The first-order chi connectivity index (χ1) is 10.2. The zero-order chi connectivity index (χ0) is 15.9. The molecule has 0 amide bonds. The molecule has 0 spiro atoms. The van der Waals surface area contributed by atoms with Crippen LogP contribution in [-0.2, 0) is 12.8 Å². The van der Waals surface area contributed by atoms with Crippen LogP contribution in [0.2, 0.25) is 0 Å². The Hall–Kier alpha value is -1.56. The van der Waals surface area contributed by atoms with Crippen LogP contribution in [-0.4, -0.2) is 0 Å². The smallest absolute Gasteiger partial charge is 0.0276 e. The van der Waals surface area contributed by atoms with E-state index in [2.05, 4.69) is 75.4 Å². The Balaban J connectivity index is 0.000000354. The van der Waals surface area contributed by atoms with Crippen molar-refractivity contribution in [2.24, 2.45) is 5.92 Å². The van der Waals surface area contributed by atoms with E-state index in [-0.39, 0.29) is 0 Å². The third-order valence-electron chi connectivity index (χ3n) is 3.10. The van der Waals surface area contributed by atoms with Crippen LogP contribution in [0, 0.1) is 5.92 Å². The van der Waals surface area contributed by atoms with Crippen LogP contribution in [0.15, 0.2) is 60.7 Å². The normalized spacial score (nSPS) is 9.24. The Morgan fingerprint density at radius 1 is 0.714 bits per heavy atom. The monoisotopic (exact) mass is 284 g/mol. The summed E-state index contributed by atoms with van der Waals surface area (Å²) in [4.78, 5) is 0. The van der Waals surface area contributed by atoms with E-state index in [1.807, 2.05) is 19.9 Å². The van der Waals surface area contributed by atoms with Crippen LogP contribution >= 0.6 is 0 Å². The van der Waals surface area contributed by atoms with E-state index in [9.17, 15) is 0 Å². The standard InChI is InChI=1S/C11H16.C8H10.C2H6/c1-10(2)8-9-11-6-4-3-5-7-11;1-2-8-6-4-3-5-7-8;1-2/h3-7,10H,8-9H2,1-2H3;3-7H,2H2,1H3;1-2H3. The molecule has 0 aliphatic carbocycles. The fourth-order valence-corrected chi connectivity index (χ4v) is 1.81. The molecule has 0 bridgehead atoms. The molecule has 0 saturated carbocycles. The van der Waals surface area contributed by atoms with Gasteiger partial charge in [-0.2, -0.15) is 0 Å². The van der Waals surface area contributed by atoms with E-state index in [4.69, 9.17) is 0 Å². The Morgan fingerprint density at radius 2 is 1.14 bits per heavy atom. The molecule has 0 aliphatic rings. The van der Waals surface area contributed by atoms with Crippen molar-refractivity contribution in [1.29, 1.82) is 0 Å². The van der Waals surface area contributed by atoms with Gasteiger partial charge in [0.2, 0.25) is 0 Å². The summed E-state index contributed by atoms with van der Waals surface area (Å²) in [5.41, 5.74) is 2.87. The predicted octanol–water partition coefficient (Wildman–Crippen LogP) is 6.55. The highest BCUT2D eigenvalue weighted by atomic mass is 14.0. The Bertz CT molecular complexity index is 414. The van der Waals surface area contributed by atoms with Crippen LogP contribution in [0.4, 0.5) is 0 Å². The summed E-state index contributed by atoms with van der Waals surface area (Å²) < 4.78 is 0. The van der Waals surface area contributed by atoms with Gasteiger partial charge in [-0.25, -0.2) is 0 Å². The van der Waals surface area contributed by atoms with Crippen molar-refractivity contribution in [3.05, 3.63) is 71.8 Å². The number of benzene rings is 2. The Kier molecular flexibility index (Phi) is 12.4. The first-order valence-corrected chi connectivity index (χ1v) is 8.30. The first kappa shape index (κ1) is 19.4. The minimum Gasteiger partial charge on any atom is -0.0683 e. The van der Waals surface area contributed by atoms with Gasteiger partial charge >= 0.3 is 0 Å². The zero-order valence-electron chi connectivity index (χ0n) is 14.5. The molecular formula is C21H32. The summed E-state index contributed by atoms with van der Waals surface area (Å²) in [6.45, 7) is 10.7. The molecule has 0 saturated heterocycles. The SMILES string of the molecule is CC.CC(C)CCc1ccccc1.CCc1ccccc1. The van der Waals surface area contributed by atoms with Crippen molar-refractivity contribution >= 4 is 0 Å². The van der Waals surface area contributed by atoms with Crippen LogP contribution in [0.25, 0.3) is 0 Å². The van der Waals surface area contributed by atoms with Crippen LogP contribution < -0.4 is 0 Å². The molecule has 0 nitrogen and oxygen atoms in total. The topological polar surface area (TPSA) is 0 Å². The summed E-state index contributed by atoms with van der Waals surface area (Å²) in [6, 6.07) is 21.1. The van der Waals surface area contributed by atoms with Gasteiger partial charge in [0.05, 0.1) is 0 Å². The summed E-state index contributed by atoms with van der Waals surface area (Å²) in [5.74, 6) is 0.815. The average molecular weight is 284 g/mol. The van der Waals surface area contributed by atoms with Gasteiger partial charge in [0, 0.05) is 0 Å². The van der Waals surface area contributed by atoms with Crippen LogP contribution in [0.3, 0.4) is 0 Å². The molecule has 0 aliphatic heterocycles. The number of hydrogen-bond donors (Lipinski definition) is 0. The third kappa shape index (κ3) is 10.8. The van der Waals surface area contributed by atoms with Gasteiger partial charge in [-0.15, -0.1) is 0 Å². The highest BCUT2D eigenvalue weighted by Gasteiger charge is 1.94. The van der Waals surface area contributed by atoms with Gasteiger partial charge in [0.15, 0.2) is 0 Å². The molecule has 116 valence electrons. The Morgan fingerprint density at radius 3 is 1.48 bits per heavy atom. The number of hydrogen-bond acceptors (Lipinski definition) is 0. The quantitative estimate of drug-likeness (QED) is 0.597. The molecular weight excluding hydrogens is 252 g/mol. The van der Waals surface area contributed by atoms with Crippen molar-refractivity contribution in [1.82, 2.24) is 0 Å². The van der Waals surface area contributed by atoms with Crippen molar-refractivity contribution < 1.29 is 0 Å². The van der Waals surface area contributed by atoms with Gasteiger partial charge in [0.25, 0.3) is 0 Å². The summed E-state index contributed by atoms with van der Waals surface area (Å²) in [5, 5.41) is 0. The van der Waals surface area contributed by atoms with E-state index < -0.39 is 0 Å². The van der Waals surface area contributed by atoms with E-state index in [1.165, 1.54) is 24.0 Å². The molecule has 0 unspecified atom stereocenters. The van der Waals surface area contributed by atoms with E-state index in [0.717, 1.165) is 12.3 Å². The predicted molar refractivity (Wildman–Crippen MR) is 96.8 cm³/mol. The largest absolute Gasteiger partial charge is 0.0683 e. The molecule has 0 aromatic heterocycles. The molecule has 0 heteroatoms. The maximum absolute atomic E-state index is 2.27. The molecule has 2 aromatic carbocycles. The second kappa shape index (κ2) is 13.4. The maximum Gasteiger partial charge on any atom is -0.0276 e. The summed E-state index contributed by atoms with van der Waals surface area (Å²) >= 11 is 0. The van der Waals surface area contributed by atoms with Crippen molar-refractivity contribution in [2.45, 2.75) is 53.9 Å². The van der Waals surface area contributed by atoms with Gasteiger partial charge in [0.1, 0.15) is 0 Å². The first-order valence-electron chi connectivity index (χ1n) is 8.30. The summed E-state index contributed by atoms with van der Waals surface area (Å²) in [7, 11) is 0. The van der Waals surface area contributed by atoms with E-state index >= 15 is 0 Å². The van der Waals surface area contributed by atoms with Crippen LogP contribution in [0.5, 0.6) is 0 Å². The minimum absolute atomic E-state index is 0.815. The average Bonchev–Trinajstić information content (AvgIpc) is 2.57. The molecule has 2 rings (SSSR count). The lowest BCUT2D eigenvalue weighted by molar-refractivity contribution is 0.587. The lowest BCUT2D eigenvalue weighted by Gasteiger charge is -2.03. The zero-order valence-corrected chi connectivity index (χ0v) is 14.5. The van der Waals surface area contributed by atoms with Gasteiger partial charge in [-0.05, 0) is 36.3 Å². The van der Waals surface area contributed by atoms with Gasteiger partial charge < -0.3 is 0 Å². The second-order valence-electron chi connectivity index (χ2n) is 5.26. The second-order valence-corrected chi connectivity index (χ2v) is 5.26. The lowest BCUT2D eigenvalue weighted by atomic mass is 10.0. The van der Waals surface area contributed by atoms with E-state index in [0.29, 0.717) is 0 Å². The molecule has 0 N–H and O–H groups in total.